The molecule has 1 fully saturated rings. The molecule has 23 heavy (non-hydrogen) atoms. The lowest BCUT2D eigenvalue weighted by molar-refractivity contribution is -0.117. The molecule has 0 saturated heterocycles. The number of ketones is 1. The van der Waals surface area contributed by atoms with E-state index in [1.165, 1.54) is 0 Å². The van der Waals surface area contributed by atoms with Crippen molar-refractivity contribution in [3.05, 3.63) is 52.0 Å². The van der Waals surface area contributed by atoms with Crippen LogP contribution in [0.5, 0.6) is 17.2 Å². The fourth-order valence-corrected chi connectivity index (χ4v) is 4.29. The second-order valence-electron chi connectivity index (χ2n) is 6.19. The zero-order chi connectivity index (χ0) is 16.1. The number of carbonyl (C=O) groups excluding carboxylic acids is 1. The molecule has 0 spiro atoms. The highest BCUT2D eigenvalue weighted by molar-refractivity contribution is 9.10. The molecule has 1 heterocycles. The van der Waals surface area contributed by atoms with Gasteiger partial charge in [-0.3, -0.25) is 4.79 Å². The molecule has 5 heteroatoms. The van der Waals surface area contributed by atoms with E-state index in [0.29, 0.717) is 23.1 Å². The number of phenols is 2. The molecule has 0 unspecified atom stereocenters. The minimum absolute atomic E-state index is 0.0493. The highest BCUT2D eigenvalue weighted by atomic mass is 79.9. The van der Waals surface area contributed by atoms with E-state index in [1.54, 1.807) is 24.3 Å². The van der Waals surface area contributed by atoms with E-state index in [9.17, 15) is 15.0 Å². The van der Waals surface area contributed by atoms with Gasteiger partial charge in [-0.2, -0.15) is 0 Å². The minimum atomic E-state index is -0.236. The number of carbonyl (C=O) groups is 1. The van der Waals surface area contributed by atoms with Gasteiger partial charge in [0.05, 0.1) is 4.47 Å². The van der Waals surface area contributed by atoms with Crippen molar-refractivity contribution in [2.75, 3.05) is 0 Å². The SMILES string of the molecule is O=C1C[C@H]2[C@@H](C1)c1cc(O)cc(Br)c1O[C@H]2c1ccc(O)cc1. The third-order valence-corrected chi connectivity index (χ3v) is 5.33. The molecule has 1 aliphatic heterocycles. The Morgan fingerprint density at radius 1 is 1.04 bits per heavy atom. The first kappa shape index (κ1) is 14.6. The lowest BCUT2D eigenvalue weighted by Crippen LogP contribution is -2.27. The van der Waals surface area contributed by atoms with Gasteiger partial charge < -0.3 is 14.9 Å². The highest BCUT2D eigenvalue weighted by Crippen LogP contribution is 2.55. The summed E-state index contributed by atoms with van der Waals surface area (Å²) in [5, 5.41) is 19.4. The van der Waals surface area contributed by atoms with Gasteiger partial charge >= 0.3 is 0 Å². The number of phenolic OH excluding ortho intramolecular Hbond substituents is 2. The van der Waals surface area contributed by atoms with Crippen LogP contribution in [0.3, 0.4) is 0 Å². The molecule has 0 amide bonds. The summed E-state index contributed by atoms with van der Waals surface area (Å²) in [7, 11) is 0. The van der Waals surface area contributed by atoms with Gasteiger partial charge in [0.2, 0.25) is 0 Å². The van der Waals surface area contributed by atoms with Crippen LogP contribution >= 0.6 is 15.9 Å². The first-order valence-corrected chi connectivity index (χ1v) is 8.32. The van der Waals surface area contributed by atoms with Crippen LogP contribution in [-0.4, -0.2) is 16.0 Å². The smallest absolute Gasteiger partial charge is 0.138 e. The zero-order valence-electron chi connectivity index (χ0n) is 12.2. The summed E-state index contributed by atoms with van der Waals surface area (Å²) in [6.45, 7) is 0. The zero-order valence-corrected chi connectivity index (χ0v) is 13.8. The monoisotopic (exact) mass is 374 g/mol. The number of ether oxygens (including phenoxy) is 1. The van der Waals surface area contributed by atoms with Crippen molar-refractivity contribution in [1.29, 1.82) is 0 Å². The summed E-state index contributed by atoms with van der Waals surface area (Å²) in [6, 6.07) is 10.2. The summed E-state index contributed by atoms with van der Waals surface area (Å²) >= 11 is 3.45. The Kier molecular flexibility index (Phi) is 3.34. The number of hydrogen-bond donors (Lipinski definition) is 2. The van der Waals surface area contributed by atoms with Crippen molar-refractivity contribution in [3.8, 4) is 17.2 Å². The van der Waals surface area contributed by atoms with Crippen LogP contribution in [0.25, 0.3) is 0 Å². The molecule has 2 N–H and O–H groups in total. The standard InChI is InChI=1S/C18H15BrO4/c19-16-8-12(22)7-15-13-5-11(21)6-14(13)17(23-18(15)16)9-1-3-10(20)4-2-9/h1-4,7-8,13-14,17,20,22H,5-6H2/t13-,14+,17+/m1/s1. The molecule has 0 bridgehead atoms. The molecular weight excluding hydrogens is 360 g/mol. The Labute approximate surface area is 141 Å². The molecule has 2 aromatic carbocycles. The Hall–Kier alpha value is -2.01. The molecule has 3 atom stereocenters. The molecule has 4 nitrogen and oxygen atoms in total. The third-order valence-electron chi connectivity index (χ3n) is 4.74. The van der Waals surface area contributed by atoms with Crippen LogP contribution in [0.2, 0.25) is 0 Å². The van der Waals surface area contributed by atoms with Gasteiger partial charge in [-0.1, -0.05) is 12.1 Å². The normalized spacial score (nSPS) is 25.6. The molecule has 1 saturated carbocycles. The van der Waals surface area contributed by atoms with E-state index >= 15 is 0 Å². The van der Waals surface area contributed by atoms with Gasteiger partial charge in [-0.05, 0) is 45.8 Å². The summed E-state index contributed by atoms with van der Waals surface area (Å²) in [5.41, 5.74) is 1.83. The maximum absolute atomic E-state index is 12.1. The van der Waals surface area contributed by atoms with Crippen LogP contribution in [-0.2, 0) is 4.79 Å². The van der Waals surface area contributed by atoms with Gasteiger partial charge in [-0.25, -0.2) is 0 Å². The van der Waals surface area contributed by atoms with Gasteiger partial charge in [0.25, 0.3) is 0 Å². The fraction of sp³-hybridized carbons (Fsp3) is 0.278. The first-order chi connectivity index (χ1) is 11.0. The van der Waals surface area contributed by atoms with Crippen LogP contribution in [0.15, 0.2) is 40.9 Å². The number of hydrogen-bond acceptors (Lipinski definition) is 4. The van der Waals surface area contributed by atoms with Crippen molar-refractivity contribution in [2.45, 2.75) is 24.9 Å². The molecule has 4 rings (SSSR count). The van der Waals surface area contributed by atoms with Crippen LogP contribution in [0.4, 0.5) is 0 Å². The minimum Gasteiger partial charge on any atom is -0.508 e. The fourth-order valence-electron chi connectivity index (χ4n) is 3.74. The van der Waals surface area contributed by atoms with Crippen LogP contribution in [0.1, 0.15) is 36.0 Å². The molecule has 0 radical (unpaired) electrons. The van der Waals surface area contributed by atoms with Crippen LogP contribution < -0.4 is 4.74 Å². The van der Waals surface area contributed by atoms with E-state index < -0.39 is 0 Å². The van der Waals surface area contributed by atoms with E-state index in [4.69, 9.17) is 4.74 Å². The van der Waals surface area contributed by atoms with E-state index in [1.807, 2.05) is 12.1 Å². The summed E-state index contributed by atoms with van der Waals surface area (Å²) in [5.74, 6) is 1.38. The van der Waals surface area contributed by atoms with E-state index in [-0.39, 0.29) is 35.2 Å². The second kappa shape index (κ2) is 5.27. The number of aromatic hydroxyl groups is 2. The number of rotatable bonds is 1. The quantitative estimate of drug-likeness (QED) is 0.789. The summed E-state index contributed by atoms with van der Waals surface area (Å²) in [4.78, 5) is 12.1. The van der Waals surface area contributed by atoms with E-state index in [2.05, 4.69) is 15.9 Å². The maximum Gasteiger partial charge on any atom is 0.138 e. The predicted octanol–water partition coefficient (Wildman–Crippen LogP) is 4.06. The molecular formula is C18H15BrO4. The van der Waals surface area contributed by atoms with Gasteiger partial charge in [-0.15, -0.1) is 0 Å². The van der Waals surface area contributed by atoms with Crippen molar-refractivity contribution in [3.63, 3.8) is 0 Å². The molecule has 2 aromatic rings. The third kappa shape index (κ3) is 2.39. The molecule has 118 valence electrons. The second-order valence-corrected chi connectivity index (χ2v) is 7.05. The Morgan fingerprint density at radius 2 is 1.78 bits per heavy atom. The van der Waals surface area contributed by atoms with Crippen LogP contribution in [0, 0.1) is 5.92 Å². The summed E-state index contributed by atoms with van der Waals surface area (Å²) < 4.78 is 6.90. The molecule has 1 aliphatic carbocycles. The topological polar surface area (TPSA) is 66.8 Å². The number of fused-ring (bicyclic) bond motifs is 3. The Balaban J connectivity index is 1.83. The highest BCUT2D eigenvalue weighted by Gasteiger charge is 2.46. The molecule has 0 aromatic heterocycles. The average Bonchev–Trinajstić information content (AvgIpc) is 2.89. The maximum atomic E-state index is 12.1. The summed E-state index contributed by atoms with van der Waals surface area (Å²) in [6.07, 6.45) is 0.717. The number of benzene rings is 2. The van der Waals surface area contributed by atoms with Crippen molar-refractivity contribution in [2.24, 2.45) is 5.92 Å². The average molecular weight is 375 g/mol. The lowest BCUT2D eigenvalue weighted by atomic mass is 9.80. The predicted molar refractivity (Wildman–Crippen MR) is 87.8 cm³/mol. The van der Waals surface area contributed by atoms with Gasteiger partial charge in [0, 0.05) is 30.2 Å². The first-order valence-electron chi connectivity index (χ1n) is 7.52. The van der Waals surface area contributed by atoms with Crippen molar-refractivity contribution >= 4 is 21.7 Å². The number of Topliss-reactive ketones (excluding diaryl/α,β-unsaturated/α-hetero) is 1. The van der Waals surface area contributed by atoms with Gasteiger partial charge in [0.15, 0.2) is 0 Å². The largest absolute Gasteiger partial charge is 0.508 e. The van der Waals surface area contributed by atoms with Crippen molar-refractivity contribution in [1.82, 2.24) is 0 Å². The number of halogens is 1. The Bertz CT molecular complexity index is 784. The van der Waals surface area contributed by atoms with Crippen molar-refractivity contribution < 1.29 is 19.7 Å². The van der Waals surface area contributed by atoms with E-state index in [0.717, 1.165) is 11.1 Å². The van der Waals surface area contributed by atoms with Gasteiger partial charge in [0.1, 0.15) is 29.1 Å². The lowest BCUT2D eigenvalue weighted by Gasteiger charge is -2.36. The Morgan fingerprint density at radius 3 is 2.52 bits per heavy atom. The molecule has 2 aliphatic rings.